The van der Waals surface area contributed by atoms with E-state index in [0.29, 0.717) is 17.3 Å². The summed E-state index contributed by atoms with van der Waals surface area (Å²) in [5, 5.41) is 13.7. The van der Waals surface area contributed by atoms with Gasteiger partial charge in [0, 0.05) is 17.8 Å². The molecular weight excluding hydrogens is 416 g/mol. The fourth-order valence-electron chi connectivity index (χ4n) is 3.09. The summed E-state index contributed by atoms with van der Waals surface area (Å²) in [6.07, 6.45) is 1.57. The summed E-state index contributed by atoms with van der Waals surface area (Å²) in [6, 6.07) is 15.0. The molecule has 2 heterocycles. The Labute approximate surface area is 184 Å². The second-order valence-corrected chi connectivity index (χ2v) is 8.33. The van der Waals surface area contributed by atoms with Crippen LogP contribution < -0.4 is 20.1 Å². The molecule has 0 radical (unpaired) electrons. The monoisotopic (exact) mass is 438 g/mol. The lowest BCUT2D eigenvalue weighted by Gasteiger charge is -2.21. The zero-order chi connectivity index (χ0) is 21.6. The van der Waals surface area contributed by atoms with Crippen LogP contribution in [0.1, 0.15) is 25.3 Å². The van der Waals surface area contributed by atoms with Gasteiger partial charge in [-0.15, -0.1) is 5.10 Å². The van der Waals surface area contributed by atoms with Gasteiger partial charge in [0.05, 0.1) is 0 Å². The van der Waals surface area contributed by atoms with Crippen LogP contribution in [0.15, 0.2) is 58.7 Å². The van der Waals surface area contributed by atoms with E-state index >= 15 is 0 Å². The first kappa shape index (κ1) is 20.9. The number of rotatable bonds is 6. The summed E-state index contributed by atoms with van der Waals surface area (Å²) in [5.41, 5.74) is 2.62. The van der Waals surface area contributed by atoms with Crippen LogP contribution in [0.25, 0.3) is 0 Å². The lowest BCUT2D eigenvalue weighted by Crippen LogP contribution is -2.41. The van der Waals surface area contributed by atoms with E-state index in [2.05, 4.69) is 20.8 Å². The number of benzene rings is 2. The quantitative estimate of drug-likeness (QED) is 0.532. The largest absolute Gasteiger partial charge is 0.454 e. The zero-order valence-corrected chi connectivity index (χ0v) is 17.8. The van der Waals surface area contributed by atoms with Crippen LogP contribution in [0.2, 0.25) is 0 Å². The first-order chi connectivity index (χ1) is 15.1. The third kappa shape index (κ3) is 5.64. The van der Waals surface area contributed by atoms with E-state index in [-0.39, 0.29) is 25.0 Å². The number of hydrogen-bond donors (Lipinski definition) is 2. The average Bonchev–Trinajstić information content (AvgIpc) is 3.24. The molecule has 160 valence electrons. The molecule has 4 rings (SSSR count). The minimum absolute atomic E-state index is 0.0924. The normalized spacial score (nSPS) is 19.3. The van der Waals surface area contributed by atoms with Gasteiger partial charge in [0.15, 0.2) is 16.7 Å². The minimum atomic E-state index is -0.558. The number of amidine groups is 1. The summed E-state index contributed by atoms with van der Waals surface area (Å²) in [6.45, 7) is 2.14. The highest BCUT2D eigenvalue weighted by molar-refractivity contribution is 8.15. The Balaban J connectivity index is 1.34. The van der Waals surface area contributed by atoms with Crippen molar-refractivity contribution in [1.29, 1.82) is 0 Å². The number of fused-ring (bicyclic) bond motifs is 1. The third-order valence-electron chi connectivity index (χ3n) is 4.73. The van der Waals surface area contributed by atoms with E-state index in [4.69, 9.17) is 9.47 Å². The SMILES string of the molecule is C/C(CCc1ccc2c(c1)OCO2)=N/N=C1/NC(=O)C[C@H](C(=O)Nc2ccccc2)S1. The molecule has 2 aromatic rings. The van der Waals surface area contributed by atoms with Crippen molar-refractivity contribution in [3.8, 4) is 11.5 Å². The maximum atomic E-state index is 12.5. The number of aryl methyl sites for hydroxylation is 1. The molecule has 1 fully saturated rings. The fourth-order valence-corrected chi connectivity index (χ4v) is 4.02. The van der Waals surface area contributed by atoms with Crippen molar-refractivity contribution in [3.05, 3.63) is 54.1 Å². The van der Waals surface area contributed by atoms with Gasteiger partial charge in [-0.25, -0.2) is 0 Å². The van der Waals surface area contributed by atoms with Gasteiger partial charge in [0.1, 0.15) is 5.25 Å². The smallest absolute Gasteiger partial charge is 0.238 e. The number of carbonyl (C=O) groups excluding carboxylic acids is 2. The summed E-state index contributed by atoms with van der Waals surface area (Å²) < 4.78 is 10.7. The van der Waals surface area contributed by atoms with Gasteiger partial charge in [-0.3, -0.25) is 9.59 Å². The van der Waals surface area contributed by atoms with Crippen LogP contribution in [0, 0.1) is 0 Å². The summed E-state index contributed by atoms with van der Waals surface area (Å²) in [7, 11) is 0. The van der Waals surface area contributed by atoms with Gasteiger partial charge >= 0.3 is 0 Å². The molecular formula is C22H22N4O4S. The Morgan fingerprint density at radius 3 is 2.84 bits per heavy atom. The van der Waals surface area contributed by atoms with Crippen LogP contribution in [-0.4, -0.2) is 34.7 Å². The van der Waals surface area contributed by atoms with Gasteiger partial charge < -0.3 is 20.1 Å². The van der Waals surface area contributed by atoms with E-state index in [1.165, 1.54) is 11.8 Å². The average molecular weight is 439 g/mol. The maximum absolute atomic E-state index is 12.5. The molecule has 8 nitrogen and oxygen atoms in total. The van der Waals surface area contributed by atoms with Crippen molar-refractivity contribution >= 4 is 40.1 Å². The molecule has 1 saturated heterocycles. The number of ether oxygens (including phenoxy) is 2. The van der Waals surface area contributed by atoms with Gasteiger partial charge in [-0.05, 0) is 49.6 Å². The fraction of sp³-hybridized carbons (Fsp3) is 0.273. The number of amides is 2. The minimum Gasteiger partial charge on any atom is -0.454 e. The van der Waals surface area contributed by atoms with E-state index in [1.807, 2.05) is 43.3 Å². The highest BCUT2D eigenvalue weighted by atomic mass is 32.2. The maximum Gasteiger partial charge on any atom is 0.238 e. The van der Waals surface area contributed by atoms with Crippen molar-refractivity contribution in [3.63, 3.8) is 0 Å². The highest BCUT2D eigenvalue weighted by Crippen LogP contribution is 2.32. The lowest BCUT2D eigenvalue weighted by atomic mass is 10.1. The second kappa shape index (κ2) is 9.65. The third-order valence-corrected chi connectivity index (χ3v) is 5.80. The topological polar surface area (TPSA) is 101 Å². The summed E-state index contributed by atoms with van der Waals surface area (Å²) >= 11 is 1.20. The highest BCUT2D eigenvalue weighted by Gasteiger charge is 2.30. The zero-order valence-electron chi connectivity index (χ0n) is 17.0. The van der Waals surface area contributed by atoms with Crippen LogP contribution in [0.3, 0.4) is 0 Å². The molecule has 0 bridgehead atoms. The molecule has 2 aliphatic heterocycles. The number of anilines is 1. The Morgan fingerprint density at radius 1 is 1.19 bits per heavy atom. The van der Waals surface area contributed by atoms with Crippen molar-refractivity contribution in [2.75, 3.05) is 12.1 Å². The standard InChI is InChI=1S/C22H22N4O4S/c1-14(7-8-15-9-10-17-18(11-15)30-13-29-17)25-26-22-24-20(27)12-19(31-22)21(28)23-16-5-3-2-4-6-16/h2-6,9-11,19H,7-8,12-13H2,1H3,(H,23,28)(H,24,26,27)/b25-14-/t19-/m1/s1. The van der Waals surface area contributed by atoms with Crippen LogP contribution in [0.5, 0.6) is 11.5 Å². The molecule has 1 atom stereocenters. The number of carbonyl (C=O) groups is 2. The van der Waals surface area contributed by atoms with Crippen molar-refractivity contribution < 1.29 is 19.1 Å². The molecule has 0 aromatic heterocycles. The van der Waals surface area contributed by atoms with E-state index in [9.17, 15) is 9.59 Å². The molecule has 0 unspecified atom stereocenters. The van der Waals surface area contributed by atoms with Crippen LogP contribution in [0.4, 0.5) is 5.69 Å². The Bertz CT molecular complexity index is 1040. The molecule has 2 aromatic carbocycles. The van der Waals surface area contributed by atoms with Crippen LogP contribution >= 0.6 is 11.8 Å². The van der Waals surface area contributed by atoms with E-state index in [1.54, 1.807) is 12.1 Å². The lowest BCUT2D eigenvalue weighted by molar-refractivity contribution is -0.123. The van der Waals surface area contributed by atoms with Crippen LogP contribution in [-0.2, 0) is 16.0 Å². The predicted octanol–water partition coefficient (Wildman–Crippen LogP) is 3.34. The second-order valence-electron chi connectivity index (χ2n) is 7.14. The van der Waals surface area contributed by atoms with Gasteiger partial charge in [-0.2, -0.15) is 5.10 Å². The van der Waals surface area contributed by atoms with E-state index < -0.39 is 5.25 Å². The molecule has 2 N–H and O–H groups in total. The molecule has 2 amide bonds. The van der Waals surface area contributed by atoms with Crippen molar-refractivity contribution in [2.45, 2.75) is 31.4 Å². The number of para-hydroxylation sites is 1. The van der Waals surface area contributed by atoms with Gasteiger partial charge in [0.25, 0.3) is 0 Å². The summed E-state index contributed by atoms with van der Waals surface area (Å²) in [5.74, 6) is 1.03. The molecule has 0 aliphatic carbocycles. The molecule has 9 heteroatoms. The summed E-state index contributed by atoms with van der Waals surface area (Å²) in [4.78, 5) is 24.5. The van der Waals surface area contributed by atoms with E-state index in [0.717, 1.165) is 29.2 Å². The number of thioether (sulfide) groups is 1. The predicted molar refractivity (Wildman–Crippen MR) is 121 cm³/mol. The first-order valence-electron chi connectivity index (χ1n) is 9.89. The number of hydrogen-bond acceptors (Lipinski definition) is 7. The number of nitrogens with zero attached hydrogens (tertiary/aromatic N) is 2. The Hall–Kier alpha value is -3.33. The Morgan fingerprint density at radius 2 is 2.00 bits per heavy atom. The van der Waals surface area contributed by atoms with Gasteiger partial charge in [0.2, 0.25) is 18.6 Å². The molecule has 0 spiro atoms. The van der Waals surface area contributed by atoms with Gasteiger partial charge in [-0.1, -0.05) is 36.0 Å². The van der Waals surface area contributed by atoms with Crippen molar-refractivity contribution in [1.82, 2.24) is 5.32 Å². The molecule has 0 saturated carbocycles. The Kier molecular flexibility index (Phi) is 6.51. The molecule has 31 heavy (non-hydrogen) atoms. The van der Waals surface area contributed by atoms with Crippen molar-refractivity contribution in [2.24, 2.45) is 10.2 Å². The number of nitrogens with one attached hydrogen (secondary N) is 2. The first-order valence-corrected chi connectivity index (χ1v) is 10.8. The molecule has 2 aliphatic rings.